The van der Waals surface area contributed by atoms with E-state index in [1.54, 1.807) is 0 Å². The first-order valence-corrected chi connectivity index (χ1v) is 7.40. The van der Waals surface area contributed by atoms with Gasteiger partial charge in [0.2, 0.25) is 0 Å². The van der Waals surface area contributed by atoms with Crippen molar-refractivity contribution in [2.75, 3.05) is 0 Å². The van der Waals surface area contributed by atoms with Gasteiger partial charge in [0.15, 0.2) is 0 Å². The van der Waals surface area contributed by atoms with Gasteiger partial charge in [0.1, 0.15) is 0 Å². The quantitative estimate of drug-likeness (QED) is 0.719. The molecule has 5 rings (SSSR count). The van der Waals surface area contributed by atoms with Crippen LogP contribution in [0.15, 0.2) is 30.3 Å². The molecule has 1 saturated heterocycles. The summed E-state index contributed by atoms with van der Waals surface area (Å²) in [6.45, 7) is 7.06. The van der Waals surface area contributed by atoms with Crippen molar-refractivity contribution < 1.29 is 9.31 Å². The van der Waals surface area contributed by atoms with Crippen molar-refractivity contribution in [3.8, 4) is 0 Å². The maximum absolute atomic E-state index is 6.40. The van der Waals surface area contributed by atoms with Crippen molar-refractivity contribution in [1.29, 1.82) is 0 Å². The predicted molar refractivity (Wildman–Crippen MR) is 76.2 cm³/mol. The Hall–Kier alpha value is -0.795. The Kier molecular flexibility index (Phi) is 2.30. The second-order valence-electron chi connectivity index (χ2n) is 7.21. The summed E-state index contributed by atoms with van der Waals surface area (Å²) in [5.41, 5.74) is 1.46. The lowest BCUT2D eigenvalue weighted by atomic mass is 9.43. The molecule has 4 atom stereocenters. The maximum atomic E-state index is 6.40. The van der Waals surface area contributed by atoms with E-state index >= 15 is 0 Å². The van der Waals surface area contributed by atoms with E-state index < -0.39 is 0 Å². The summed E-state index contributed by atoms with van der Waals surface area (Å²) in [5, 5.41) is 0. The van der Waals surface area contributed by atoms with E-state index in [0.29, 0.717) is 11.3 Å². The second kappa shape index (κ2) is 3.65. The SMILES string of the molecule is CC1(C)[C@H]2C[C@@H]3OB(c4ccccc4)O[C@@]3(C)[C@H]1C2. The third kappa shape index (κ3) is 1.46. The van der Waals surface area contributed by atoms with Crippen LogP contribution in [-0.4, -0.2) is 18.8 Å². The highest BCUT2D eigenvalue weighted by molar-refractivity contribution is 6.62. The standard InChI is InChI=1S/C16H21BO2/c1-15(2)11-9-13(15)16(3)14(10-11)18-17(19-16)12-7-5-4-6-8-12/h4-8,11,13-14H,9-10H2,1-3H3/t11-,13+,14+,16+/m1/s1. The molecular formula is C16H21BO2. The van der Waals surface area contributed by atoms with E-state index in [9.17, 15) is 0 Å². The molecule has 0 spiro atoms. The van der Waals surface area contributed by atoms with E-state index in [1.807, 2.05) is 6.07 Å². The van der Waals surface area contributed by atoms with Gasteiger partial charge < -0.3 is 9.31 Å². The molecule has 0 radical (unpaired) electrons. The molecule has 3 aliphatic carbocycles. The van der Waals surface area contributed by atoms with Gasteiger partial charge in [-0.3, -0.25) is 0 Å². The van der Waals surface area contributed by atoms with Crippen molar-refractivity contribution in [1.82, 2.24) is 0 Å². The van der Waals surface area contributed by atoms with Crippen LogP contribution < -0.4 is 5.46 Å². The first kappa shape index (κ1) is 12.0. The van der Waals surface area contributed by atoms with Crippen LogP contribution in [0.25, 0.3) is 0 Å². The molecule has 1 aromatic carbocycles. The van der Waals surface area contributed by atoms with Crippen LogP contribution in [-0.2, 0) is 9.31 Å². The summed E-state index contributed by atoms with van der Waals surface area (Å²) in [6, 6.07) is 10.3. The van der Waals surface area contributed by atoms with Gasteiger partial charge in [0.05, 0.1) is 11.7 Å². The lowest BCUT2D eigenvalue weighted by molar-refractivity contribution is -0.199. The van der Waals surface area contributed by atoms with Crippen molar-refractivity contribution in [2.45, 2.75) is 45.3 Å². The van der Waals surface area contributed by atoms with Crippen LogP contribution in [0.2, 0.25) is 0 Å². The van der Waals surface area contributed by atoms with Crippen LogP contribution in [0.4, 0.5) is 0 Å². The second-order valence-corrected chi connectivity index (χ2v) is 7.21. The van der Waals surface area contributed by atoms with Crippen LogP contribution in [0.1, 0.15) is 33.6 Å². The maximum Gasteiger partial charge on any atom is 0.494 e. The molecule has 3 saturated carbocycles. The molecule has 19 heavy (non-hydrogen) atoms. The first-order valence-electron chi connectivity index (χ1n) is 7.40. The summed E-state index contributed by atoms with van der Waals surface area (Å²) in [4.78, 5) is 0. The molecular weight excluding hydrogens is 235 g/mol. The fourth-order valence-electron chi connectivity index (χ4n) is 4.62. The van der Waals surface area contributed by atoms with E-state index in [-0.39, 0.29) is 18.8 Å². The minimum atomic E-state index is -0.175. The Balaban J connectivity index is 1.64. The van der Waals surface area contributed by atoms with Crippen LogP contribution in [0.3, 0.4) is 0 Å². The van der Waals surface area contributed by atoms with Crippen LogP contribution in [0.5, 0.6) is 0 Å². The minimum absolute atomic E-state index is 0.0985. The van der Waals surface area contributed by atoms with Crippen molar-refractivity contribution in [3.05, 3.63) is 30.3 Å². The molecule has 1 aliphatic heterocycles. The van der Waals surface area contributed by atoms with E-state index in [1.165, 1.54) is 6.42 Å². The van der Waals surface area contributed by atoms with E-state index in [4.69, 9.17) is 9.31 Å². The van der Waals surface area contributed by atoms with Crippen molar-refractivity contribution in [3.63, 3.8) is 0 Å². The van der Waals surface area contributed by atoms with Crippen LogP contribution >= 0.6 is 0 Å². The van der Waals surface area contributed by atoms with E-state index in [0.717, 1.165) is 17.8 Å². The molecule has 0 N–H and O–H groups in total. The lowest BCUT2D eigenvalue weighted by Crippen LogP contribution is -2.65. The number of benzene rings is 1. The third-order valence-corrected chi connectivity index (χ3v) is 6.02. The first-order chi connectivity index (χ1) is 9.02. The average molecular weight is 256 g/mol. The molecule has 100 valence electrons. The number of rotatable bonds is 1. The van der Waals surface area contributed by atoms with Gasteiger partial charge in [-0.25, -0.2) is 0 Å². The normalized spacial score (nSPS) is 42.7. The smallest absolute Gasteiger partial charge is 0.402 e. The van der Waals surface area contributed by atoms with Crippen molar-refractivity contribution >= 4 is 12.6 Å². The molecule has 1 heterocycles. The zero-order valence-electron chi connectivity index (χ0n) is 11.9. The Morgan fingerprint density at radius 2 is 1.84 bits per heavy atom. The summed E-state index contributed by atoms with van der Waals surface area (Å²) < 4.78 is 12.6. The van der Waals surface area contributed by atoms with Crippen LogP contribution in [0, 0.1) is 17.3 Å². The lowest BCUT2D eigenvalue weighted by Gasteiger charge is -2.64. The molecule has 2 nitrogen and oxygen atoms in total. The summed E-state index contributed by atoms with van der Waals surface area (Å²) >= 11 is 0. The topological polar surface area (TPSA) is 18.5 Å². The highest BCUT2D eigenvalue weighted by Crippen LogP contribution is 2.65. The average Bonchev–Trinajstić information content (AvgIpc) is 2.76. The third-order valence-electron chi connectivity index (χ3n) is 6.02. The zero-order valence-corrected chi connectivity index (χ0v) is 11.9. The number of hydrogen-bond acceptors (Lipinski definition) is 2. The van der Waals surface area contributed by atoms with Crippen molar-refractivity contribution in [2.24, 2.45) is 17.3 Å². The monoisotopic (exact) mass is 256 g/mol. The van der Waals surface area contributed by atoms with Gasteiger partial charge in [-0.05, 0) is 42.5 Å². The highest BCUT2D eigenvalue weighted by Gasteiger charge is 2.67. The molecule has 4 fully saturated rings. The Bertz CT molecular complexity index is 501. The van der Waals surface area contributed by atoms with Gasteiger partial charge >= 0.3 is 7.12 Å². The molecule has 3 heteroatoms. The van der Waals surface area contributed by atoms with Gasteiger partial charge in [-0.15, -0.1) is 0 Å². The Morgan fingerprint density at radius 1 is 1.11 bits per heavy atom. The Morgan fingerprint density at radius 3 is 2.53 bits per heavy atom. The van der Waals surface area contributed by atoms with Gasteiger partial charge in [-0.1, -0.05) is 44.2 Å². The zero-order chi connectivity index (χ0) is 13.3. The predicted octanol–water partition coefficient (Wildman–Crippen LogP) is 2.62. The Labute approximate surface area is 115 Å². The highest BCUT2D eigenvalue weighted by atomic mass is 16.7. The largest absolute Gasteiger partial charge is 0.494 e. The molecule has 0 aromatic heterocycles. The molecule has 2 bridgehead atoms. The molecule has 0 amide bonds. The minimum Gasteiger partial charge on any atom is -0.402 e. The number of hydrogen-bond donors (Lipinski definition) is 0. The fraction of sp³-hybridized carbons (Fsp3) is 0.625. The summed E-state index contributed by atoms with van der Waals surface area (Å²) in [7, 11) is -0.175. The van der Waals surface area contributed by atoms with Gasteiger partial charge in [-0.2, -0.15) is 0 Å². The summed E-state index contributed by atoms with van der Waals surface area (Å²) in [5.74, 6) is 1.45. The molecule has 0 unspecified atom stereocenters. The molecule has 1 aromatic rings. The fourth-order valence-corrected chi connectivity index (χ4v) is 4.62. The van der Waals surface area contributed by atoms with E-state index in [2.05, 4.69) is 45.0 Å². The molecule has 4 aliphatic rings. The van der Waals surface area contributed by atoms with Gasteiger partial charge in [0.25, 0.3) is 0 Å². The van der Waals surface area contributed by atoms with Gasteiger partial charge in [0, 0.05) is 0 Å². The summed E-state index contributed by atoms with van der Waals surface area (Å²) in [6.07, 6.45) is 2.74.